The fourth-order valence-electron chi connectivity index (χ4n) is 1.85. The summed E-state index contributed by atoms with van der Waals surface area (Å²) in [5, 5.41) is 0. The Hall–Kier alpha value is -0.860. The molecule has 3 heteroatoms. The largest absolute Gasteiger partial charge is 0.333 e. The van der Waals surface area contributed by atoms with Gasteiger partial charge < -0.3 is 4.90 Å². The minimum atomic E-state index is -0.126. The van der Waals surface area contributed by atoms with Gasteiger partial charge in [0.2, 0.25) is 5.91 Å². The Balaban J connectivity index is 2.57. The third kappa shape index (κ3) is 2.29. The van der Waals surface area contributed by atoms with Crippen LogP contribution in [0, 0.1) is 0 Å². The van der Waals surface area contributed by atoms with Crippen LogP contribution in [0.3, 0.4) is 0 Å². The summed E-state index contributed by atoms with van der Waals surface area (Å²) < 4.78 is 0. The van der Waals surface area contributed by atoms with Crippen molar-refractivity contribution in [2.45, 2.75) is 45.6 Å². The van der Waals surface area contributed by atoms with E-state index >= 15 is 0 Å². The highest BCUT2D eigenvalue weighted by molar-refractivity contribution is 5.88. The number of hydrogen-bond donors (Lipinski definition) is 0. The van der Waals surface area contributed by atoms with E-state index in [0.29, 0.717) is 6.42 Å². The van der Waals surface area contributed by atoms with Crippen LogP contribution in [-0.2, 0) is 9.59 Å². The first-order valence-corrected chi connectivity index (χ1v) is 4.96. The molecular weight excluding hydrogens is 166 g/mol. The van der Waals surface area contributed by atoms with Crippen molar-refractivity contribution in [2.75, 3.05) is 6.54 Å². The van der Waals surface area contributed by atoms with Gasteiger partial charge in [-0.15, -0.1) is 0 Å². The molecule has 1 atom stereocenters. The Bertz CT molecular complexity index is 213. The Morgan fingerprint density at radius 1 is 1.46 bits per heavy atom. The molecule has 1 aliphatic rings. The zero-order chi connectivity index (χ0) is 9.84. The van der Waals surface area contributed by atoms with Crippen molar-refractivity contribution < 1.29 is 9.59 Å². The minimum absolute atomic E-state index is 0.126. The minimum Gasteiger partial charge on any atom is -0.333 e. The summed E-state index contributed by atoms with van der Waals surface area (Å²) >= 11 is 0. The monoisotopic (exact) mass is 183 g/mol. The molecule has 0 radical (unpaired) electrons. The van der Waals surface area contributed by atoms with Gasteiger partial charge in [-0.1, -0.05) is 6.92 Å². The molecule has 1 rings (SSSR count). The SMILES string of the molecule is CCCC(=O)N1CCC[C@H]1C(C)=O. The van der Waals surface area contributed by atoms with Gasteiger partial charge in [0.1, 0.15) is 0 Å². The fraction of sp³-hybridized carbons (Fsp3) is 0.800. The highest BCUT2D eigenvalue weighted by Gasteiger charge is 2.30. The molecule has 1 heterocycles. The topological polar surface area (TPSA) is 37.4 Å². The molecule has 0 saturated carbocycles. The number of likely N-dealkylation sites (tertiary alicyclic amines) is 1. The Kier molecular flexibility index (Phi) is 3.46. The lowest BCUT2D eigenvalue weighted by atomic mass is 10.1. The average molecular weight is 183 g/mol. The van der Waals surface area contributed by atoms with Crippen LogP contribution in [0.5, 0.6) is 0 Å². The van der Waals surface area contributed by atoms with Crippen molar-refractivity contribution in [3.63, 3.8) is 0 Å². The molecule has 1 aliphatic heterocycles. The van der Waals surface area contributed by atoms with Crippen LogP contribution >= 0.6 is 0 Å². The lowest BCUT2D eigenvalue weighted by Gasteiger charge is -2.22. The van der Waals surface area contributed by atoms with Gasteiger partial charge >= 0.3 is 0 Å². The number of ketones is 1. The molecule has 0 spiro atoms. The molecule has 0 aliphatic carbocycles. The van der Waals surface area contributed by atoms with Crippen molar-refractivity contribution >= 4 is 11.7 Å². The van der Waals surface area contributed by atoms with E-state index in [0.717, 1.165) is 25.8 Å². The van der Waals surface area contributed by atoms with Gasteiger partial charge in [-0.05, 0) is 26.2 Å². The van der Waals surface area contributed by atoms with Gasteiger partial charge in [-0.25, -0.2) is 0 Å². The highest BCUT2D eigenvalue weighted by Crippen LogP contribution is 2.19. The summed E-state index contributed by atoms with van der Waals surface area (Å²) in [5.41, 5.74) is 0. The van der Waals surface area contributed by atoms with Gasteiger partial charge in [0.25, 0.3) is 0 Å². The van der Waals surface area contributed by atoms with Gasteiger partial charge in [0.05, 0.1) is 6.04 Å². The molecule has 1 fully saturated rings. The maximum atomic E-state index is 11.5. The van der Waals surface area contributed by atoms with Gasteiger partial charge in [-0.3, -0.25) is 9.59 Å². The van der Waals surface area contributed by atoms with Crippen LogP contribution in [0.1, 0.15) is 39.5 Å². The van der Waals surface area contributed by atoms with E-state index in [2.05, 4.69) is 0 Å². The number of amides is 1. The quantitative estimate of drug-likeness (QED) is 0.662. The maximum Gasteiger partial charge on any atom is 0.223 e. The zero-order valence-electron chi connectivity index (χ0n) is 8.38. The normalized spacial score (nSPS) is 22.0. The standard InChI is InChI=1S/C10H17NO2/c1-3-5-10(13)11-7-4-6-9(11)8(2)12/h9H,3-7H2,1-2H3/t9-/m0/s1. The summed E-state index contributed by atoms with van der Waals surface area (Å²) in [6.45, 7) is 4.32. The van der Waals surface area contributed by atoms with E-state index in [-0.39, 0.29) is 17.7 Å². The van der Waals surface area contributed by atoms with Crippen molar-refractivity contribution in [2.24, 2.45) is 0 Å². The molecule has 0 aromatic heterocycles. The fourth-order valence-corrected chi connectivity index (χ4v) is 1.85. The number of carbonyl (C=O) groups excluding carboxylic acids is 2. The van der Waals surface area contributed by atoms with Gasteiger partial charge in [-0.2, -0.15) is 0 Å². The molecule has 1 amide bonds. The van der Waals surface area contributed by atoms with E-state index in [1.54, 1.807) is 11.8 Å². The Morgan fingerprint density at radius 2 is 2.15 bits per heavy atom. The van der Waals surface area contributed by atoms with Crippen molar-refractivity contribution in [1.82, 2.24) is 4.90 Å². The number of Topliss-reactive ketones (excluding diaryl/α,β-unsaturated/α-hetero) is 1. The third-order valence-electron chi connectivity index (χ3n) is 2.51. The third-order valence-corrected chi connectivity index (χ3v) is 2.51. The van der Waals surface area contributed by atoms with Gasteiger partial charge in [0.15, 0.2) is 5.78 Å². The van der Waals surface area contributed by atoms with Crippen LogP contribution in [0.25, 0.3) is 0 Å². The zero-order valence-corrected chi connectivity index (χ0v) is 8.38. The Morgan fingerprint density at radius 3 is 2.69 bits per heavy atom. The lowest BCUT2D eigenvalue weighted by Crippen LogP contribution is -2.39. The van der Waals surface area contributed by atoms with Crippen molar-refractivity contribution in [3.05, 3.63) is 0 Å². The lowest BCUT2D eigenvalue weighted by molar-refractivity contribution is -0.136. The van der Waals surface area contributed by atoms with Crippen LogP contribution < -0.4 is 0 Å². The molecule has 74 valence electrons. The average Bonchev–Trinajstić information content (AvgIpc) is 2.52. The molecule has 0 bridgehead atoms. The number of hydrogen-bond acceptors (Lipinski definition) is 2. The van der Waals surface area contributed by atoms with E-state index in [1.165, 1.54) is 0 Å². The second kappa shape index (κ2) is 4.40. The van der Waals surface area contributed by atoms with Gasteiger partial charge in [0, 0.05) is 13.0 Å². The number of rotatable bonds is 3. The first-order valence-electron chi connectivity index (χ1n) is 4.96. The summed E-state index contributed by atoms with van der Waals surface area (Å²) in [5.74, 6) is 0.266. The predicted octanol–water partition coefficient (Wildman–Crippen LogP) is 1.37. The maximum absolute atomic E-state index is 11.5. The molecule has 0 N–H and O–H groups in total. The summed E-state index contributed by atoms with van der Waals surface area (Å²) in [6, 6.07) is -0.126. The van der Waals surface area contributed by atoms with E-state index in [4.69, 9.17) is 0 Å². The van der Waals surface area contributed by atoms with Crippen LogP contribution in [0.2, 0.25) is 0 Å². The second-order valence-electron chi connectivity index (χ2n) is 3.61. The number of nitrogens with zero attached hydrogens (tertiary/aromatic N) is 1. The van der Waals surface area contributed by atoms with E-state index < -0.39 is 0 Å². The van der Waals surface area contributed by atoms with Crippen LogP contribution in [0.4, 0.5) is 0 Å². The number of carbonyl (C=O) groups is 2. The first kappa shape index (κ1) is 10.2. The molecule has 1 saturated heterocycles. The predicted molar refractivity (Wildman–Crippen MR) is 50.3 cm³/mol. The van der Waals surface area contributed by atoms with Crippen molar-refractivity contribution in [3.8, 4) is 0 Å². The van der Waals surface area contributed by atoms with E-state index in [9.17, 15) is 9.59 Å². The second-order valence-corrected chi connectivity index (χ2v) is 3.61. The smallest absolute Gasteiger partial charge is 0.223 e. The summed E-state index contributed by atoms with van der Waals surface area (Å²) in [7, 11) is 0. The molecule has 0 aromatic rings. The molecule has 0 aromatic carbocycles. The highest BCUT2D eigenvalue weighted by atomic mass is 16.2. The van der Waals surface area contributed by atoms with Crippen LogP contribution in [-0.4, -0.2) is 29.2 Å². The molecule has 13 heavy (non-hydrogen) atoms. The van der Waals surface area contributed by atoms with Crippen molar-refractivity contribution in [1.29, 1.82) is 0 Å². The van der Waals surface area contributed by atoms with E-state index in [1.807, 2.05) is 6.92 Å². The molecule has 0 unspecified atom stereocenters. The molecule has 3 nitrogen and oxygen atoms in total. The molecular formula is C10H17NO2. The first-order chi connectivity index (χ1) is 6.16. The summed E-state index contributed by atoms with van der Waals surface area (Å²) in [4.78, 5) is 24.4. The van der Waals surface area contributed by atoms with Crippen LogP contribution in [0.15, 0.2) is 0 Å². The Labute approximate surface area is 79.1 Å². The summed E-state index contributed by atoms with van der Waals surface area (Å²) in [6.07, 6.45) is 3.26.